The maximum Gasteiger partial charge on any atom is 0.246 e. The van der Waals surface area contributed by atoms with Gasteiger partial charge in [-0.25, -0.2) is 8.42 Å². The SMILES string of the molecule is Cc1cccc(CC2CCCN(S(=O)(=O)c3cn(C)nc3C)C2)n1. The summed E-state index contributed by atoms with van der Waals surface area (Å²) in [5.41, 5.74) is 2.59. The molecule has 130 valence electrons. The second kappa shape index (κ2) is 6.64. The molecule has 7 heteroatoms. The average Bonchev–Trinajstić information content (AvgIpc) is 2.87. The van der Waals surface area contributed by atoms with E-state index in [2.05, 4.69) is 10.1 Å². The largest absolute Gasteiger partial charge is 0.274 e. The summed E-state index contributed by atoms with van der Waals surface area (Å²) < 4.78 is 29.0. The molecule has 1 fully saturated rings. The van der Waals surface area contributed by atoms with E-state index < -0.39 is 10.0 Å². The molecule has 0 aliphatic carbocycles. The second-order valence-electron chi connectivity index (χ2n) is 6.60. The number of pyridine rings is 1. The van der Waals surface area contributed by atoms with Crippen LogP contribution in [0.5, 0.6) is 0 Å². The lowest BCUT2D eigenvalue weighted by Crippen LogP contribution is -2.40. The van der Waals surface area contributed by atoms with Gasteiger partial charge in [-0.1, -0.05) is 6.07 Å². The summed E-state index contributed by atoms with van der Waals surface area (Å²) in [4.78, 5) is 4.87. The molecule has 2 aromatic rings. The van der Waals surface area contributed by atoms with Crippen LogP contribution in [0.1, 0.15) is 29.9 Å². The van der Waals surface area contributed by atoms with Crippen molar-refractivity contribution in [3.05, 3.63) is 41.5 Å². The van der Waals surface area contributed by atoms with E-state index in [0.29, 0.717) is 29.6 Å². The first-order chi connectivity index (χ1) is 11.4. The number of hydrogen-bond donors (Lipinski definition) is 0. The zero-order valence-electron chi connectivity index (χ0n) is 14.4. The third-order valence-corrected chi connectivity index (χ3v) is 6.48. The van der Waals surface area contributed by atoms with Crippen LogP contribution < -0.4 is 0 Å². The molecule has 0 radical (unpaired) electrons. The van der Waals surface area contributed by atoms with Gasteiger partial charge < -0.3 is 0 Å². The molecule has 0 amide bonds. The van der Waals surface area contributed by atoms with E-state index in [4.69, 9.17) is 0 Å². The van der Waals surface area contributed by atoms with Crippen molar-refractivity contribution in [3.63, 3.8) is 0 Å². The Morgan fingerprint density at radius 2 is 2.08 bits per heavy atom. The van der Waals surface area contributed by atoms with E-state index in [1.54, 1.807) is 29.2 Å². The Hall–Kier alpha value is -1.73. The average molecular weight is 348 g/mol. The molecule has 3 rings (SSSR count). The van der Waals surface area contributed by atoms with Crippen LogP contribution in [0.25, 0.3) is 0 Å². The first-order valence-corrected chi connectivity index (χ1v) is 9.73. The molecule has 0 saturated carbocycles. The van der Waals surface area contributed by atoms with Gasteiger partial charge in [0.15, 0.2) is 0 Å². The smallest absolute Gasteiger partial charge is 0.246 e. The van der Waals surface area contributed by atoms with Crippen LogP contribution in [0.4, 0.5) is 0 Å². The fourth-order valence-corrected chi connectivity index (χ4v) is 5.15. The van der Waals surface area contributed by atoms with Crippen molar-refractivity contribution in [1.29, 1.82) is 0 Å². The van der Waals surface area contributed by atoms with E-state index in [-0.39, 0.29) is 0 Å². The van der Waals surface area contributed by atoms with Crippen molar-refractivity contribution in [2.45, 2.75) is 38.0 Å². The number of aromatic nitrogens is 3. The lowest BCUT2D eigenvalue weighted by Gasteiger charge is -2.31. The van der Waals surface area contributed by atoms with Gasteiger partial charge >= 0.3 is 0 Å². The number of aryl methyl sites for hydroxylation is 3. The van der Waals surface area contributed by atoms with Gasteiger partial charge in [-0.3, -0.25) is 9.67 Å². The maximum atomic E-state index is 12.9. The summed E-state index contributed by atoms with van der Waals surface area (Å²) in [6, 6.07) is 6.01. The number of piperidine rings is 1. The molecule has 3 heterocycles. The van der Waals surface area contributed by atoms with Crippen LogP contribution in [0.3, 0.4) is 0 Å². The summed E-state index contributed by atoms with van der Waals surface area (Å²) in [6.07, 6.45) is 4.33. The Morgan fingerprint density at radius 1 is 1.29 bits per heavy atom. The highest BCUT2D eigenvalue weighted by atomic mass is 32.2. The molecule has 0 aromatic carbocycles. The van der Waals surface area contributed by atoms with Crippen molar-refractivity contribution in [3.8, 4) is 0 Å². The minimum Gasteiger partial charge on any atom is -0.274 e. The molecule has 1 unspecified atom stereocenters. The number of nitrogens with zero attached hydrogens (tertiary/aromatic N) is 4. The zero-order chi connectivity index (χ0) is 17.3. The highest BCUT2D eigenvalue weighted by molar-refractivity contribution is 7.89. The van der Waals surface area contributed by atoms with Crippen LogP contribution in [-0.2, 0) is 23.5 Å². The molecule has 1 saturated heterocycles. The normalized spacial score (nSPS) is 19.5. The minimum atomic E-state index is -3.48. The number of sulfonamides is 1. The summed E-state index contributed by atoms with van der Waals surface area (Å²) in [7, 11) is -1.73. The van der Waals surface area contributed by atoms with Crippen molar-refractivity contribution in [1.82, 2.24) is 19.1 Å². The quantitative estimate of drug-likeness (QED) is 0.848. The highest BCUT2D eigenvalue weighted by Gasteiger charge is 2.32. The molecular formula is C17H24N4O2S. The van der Waals surface area contributed by atoms with E-state index in [1.807, 2.05) is 25.1 Å². The van der Waals surface area contributed by atoms with Gasteiger partial charge in [-0.15, -0.1) is 0 Å². The Morgan fingerprint density at radius 3 is 2.75 bits per heavy atom. The standard InChI is InChI=1S/C17H24N4O2S/c1-13-6-4-8-16(18-13)10-15-7-5-9-21(11-15)24(22,23)17-12-20(3)19-14(17)2/h4,6,8,12,15H,5,7,9-11H2,1-3H3. The predicted molar refractivity (Wildman–Crippen MR) is 92.1 cm³/mol. The van der Waals surface area contributed by atoms with Crippen molar-refractivity contribution in [2.75, 3.05) is 13.1 Å². The molecule has 1 aliphatic heterocycles. The van der Waals surface area contributed by atoms with Gasteiger partial charge in [0.25, 0.3) is 0 Å². The van der Waals surface area contributed by atoms with Crippen molar-refractivity contribution in [2.24, 2.45) is 13.0 Å². The van der Waals surface area contributed by atoms with Crippen molar-refractivity contribution < 1.29 is 8.42 Å². The number of rotatable bonds is 4. The van der Waals surface area contributed by atoms with Gasteiger partial charge in [-0.2, -0.15) is 9.40 Å². The Balaban J connectivity index is 1.76. The van der Waals surface area contributed by atoms with Gasteiger partial charge in [0.1, 0.15) is 4.90 Å². The molecule has 2 aromatic heterocycles. The Labute approximate surface area is 143 Å². The molecule has 24 heavy (non-hydrogen) atoms. The fraction of sp³-hybridized carbons (Fsp3) is 0.529. The van der Waals surface area contributed by atoms with Gasteiger partial charge in [0.2, 0.25) is 10.0 Å². The third-order valence-electron chi connectivity index (χ3n) is 4.51. The third kappa shape index (κ3) is 3.52. The van der Waals surface area contributed by atoms with Crippen LogP contribution in [0, 0.1) is 19.8 Å². The van der Waals surface area contributed by atoms with Crippen LogP contribution >= 0.6 is 0 Å². The summed E-state index contributed by atoms with van der Waals surface area (Å²) >= 11 is 0. The number of hydrogen-bond acceptors (Lipinski definition) is 4. The predicted octanol–water partition coefficient (Wildman–Crippen LogP) is 2.08. The van der Waals surface area contributed by atoms with Crippen LogP contribution in [0.2, 0.25) is 0 Å². The summed E-state index contributed by atoms with van der Waals surface area (Å²) in [5, 5.41) is 4.17. The Bertz CT molecular complexity index is 829. The van der Waals surface area contributed by atoms with E-state index >= 15 is 0 Å². The lowest BCUT2D eigenvalue weighted by molar-refractivity contribution is 0.264. The summed E-state index contributed by atoms with van der Waals surface area (Å²) in [5.74, 6) is 0.305. The second-order valence-corrected chi connectivity index (χ2v) is 8.50. The van der Waals surface area contributed by atoms with Crippen molar-refractivity contribution >= 4 is 10.0 Å². The maximum absolute atomic E-state index is 12.9. The van der Waals surface area contributed by atoms with E-state index in [9.17, 15) is 8.42 Å². The molecule has 6 nitrogen and oxygen atoms in total. The Kier molecular flexibility index (Phi) is 4.73. The molecule has 1 aliphatic rings. The van der Waals surface area contributed by atoms with E-state index in [1.165, 1.54) is 0 Å². The van der Waals surface area contributed by atoms with Gasteiger partial charge in [0, 0.05) is 37.7 Å². The minimum absolute atomic E-state index is 0.305. The molecule has 0 N–H and O–H groups in total. The fourth-order valence-electron chi connectivity index (χ4n) is 3.39. The molecular weight excluding hydrogens is 324 g/mol. The highest BCUT2D eigenvalue weighted by Crippen LogP contribution is 2.26. The first kappa shape index (κ1) is 17.1. The molecule has 0 bridgehead atoms. The molecule has 1 atom stereocenters. The zero-order valence-corrected chi connectivity index (χ0v) is 15.3. The summed E-state index contributed by atoms with van der Waals surface area (Å²) in [6.45, 7) is 4.85. The lowest BCUT2D eigenvalue weighted by atomic mass is 9.94. The van der Waals surface area contributed by atoms with Gasteiger partial charge in [-0.05, 0) is 51.2 Å². The van der Waals surface area contributed by atoms with Crippen LogP contribution in [-0.4, -0.2) is 40.6 Å². The van der Waals surface area contributed by atoms with Gasteiger partial charge in [0.05, 0.1) is 5.69 Å². The van der Waals surface area contributed by atoms with Crippen LogP contribution in [0.15, 0.2) is 29.3 Å². The monoisotopic (exact) mass is 348 g/mol. The van der Waals surface area contributed by atoms with E-state index in [0.717, 1.165) is 30.7 Å². The molecule has 0 spiro atoms. The first-order valence-electron chi connectivity index (χ1n) is 8.29. The topological polar surface area (TPSA) is 68.1 Å².